The van der Waals surface area contributed by atoms with E-state index in [0.29, 0.717) is 12.0 Å². The molecule has 1 aromatic carbocycles. The Morgan fingerprint density at radius 1 is 0.706 bits per heavy atom. The molecule has 0 saturated carbocycles. The largest absolute Gasteiger partial charge is 0.465 e. The summed E-state index contributed by atoms with van der Waals surface area (Å²) in [7, 11) is 0. The SMILES string of the molecule is CCCCCCCCCCCCCCCC(=O)OCC(CO)(CO)COC(=O)c1ccccc1. The van der Waals surface area contributed by atoms with Crippen molar-refractivity contribution in [2.75, 3.05) is 26.4 Å². The number of rotatable bonds is 21. The van der Waals surface area contributed by atoms with Gasteiger partial charge in [0.2, 0.25) is 0 Å². The van der Waals surface area contributed by atoms with Crippen molar-refractivity contribution in [1.29, 1.82) is 0 Å². The molecule has 0 aliphatic heterocycles. The maximum absolute atomic E-state index is 12.1. The molecule has 0 aromatic heterocycles. The molecule has 1 aromatic rings. The van der Waals surface area contributed by atoms with Crippen molar-refractivity contribution < 1.29 is 29.3 Å². The first-order chi connectivity index (χ1) is 16.6. The Balaban J connectivity index is 2.11. The molecule has 0 fully saturated rings. The molecular formula is C28H46O6. The summed E-state index contributed by atoms with van der Waals surface area (Å²) in [4.78, 5) is 24.2. The van der Waals surface area contributed by atoms with Crippen LogP contribution in [-0.4, -0.2) is 48.6 Å². The second kappa shape index (κ2) is 19.4. The van der Waals surface area contributed by atoms with Crippen molar-refractivity contribution in [3.8, 4) is 0 Å². The molecule has 0 unspecified atom stereocenters. The van der Waals surface area contributed by atoms with Gasteiger partial charge in [-0.25, -0.2) is 4.79 Å². The standard InChI is InChI=1S/C28H46O6/c1-2-3-4-5-6-7-8-9-10-11-12-13-17-20-26(31)33-23-28(21-29,22-30)24-34-27(32)25-18-15-14-16-19-25/h14-16,18-19,29-30H,2-13,17,20-24H2,1H3. The number of carbonyl (C=O) groups is 2. The van der Waals surface area contributed by atoms with Crippen LogP contribution in [0.1, 0.15) is 107 Å². The zero-order chi connectivity index (χ0) is 24.9. The van der Waals surface area contributed by atoms with Gasteiger partial charge in [0.05, 0.1) is 24.2 Å². The summed E-state index contributed by atoms with van der Waals surface area (Å²) in [5.74, 6) is -0.908. The summed E-state index contributed by atoms with van der Waals surface area (Å²) in [5, 5.41) is 19.5. The van der Waals surface area contributed by atoms with Crippen LogP contribution in [0, 0.1) is 5.41 Å². The van der Waals surface area contributed by atoms with Gasteiger partial charge >= 0.3 is 11.9 Å². The Labute approximate surface area is 206 Å². The van der Waals surface area contributed by atoms with Crippen LogP contribution in [0.5, 0.6) is 0 Å². The maximum atomic E-state index is 12.1. The number of unbranched alkanes of at least 4 members (excludes halogenated alkanes) is 12. The fourth-order valence-electron chi connectivity index (χ4n) is 3.74. The third-order valence-corrected chi connectivity index (χ3v) is 6.21. The first-order valence-corrected chi connectivity index (χ1v) is 13.2. The summed E-state index contributed by atoms with van der Waals surface area (Å²) in [5.41, 5.74) is -0.831. The van der Waals surface area contributed by atoms with Gasteiger partial charge in [-0.05, 0) is 18.6 Å². The molecule has 0 aliphatic rings. The lowest BCUT2D eigenvalue weighted by Gasteiger charge is -2.28. The van der Waals surface area contributed by atoms with Crippen LogP contribution in [0.25, 0.3) is 0 Å². The molecule has 0 aliphatic carbocycles. The lowest BCUT2D eigenvalue weighted by atomic mass is 9.92. The van der Waals surface area contributed by atoms with Crippen molar-refractivity contribution in [3.05, 3.63) is 35.9 Å². The summed E-state index contributed by atoms with van der Waals surface area (Å²) < 4.78 is 10.5. The fraction of sp³-hybridized carbons (Fsp3) is 0.714. The molecule has 0 amide bonds. The van der Waals surface area contributed by atoms with E-state index in [2.05, 4.69) is 6.92 Å². The molecule has 0 spiro atoms. The number of benzene rings is 1. The summed E-state index contributed by atoms with van der Waals surface area (Å²) in [6.45, 7) is 0.894. The van der Waals surface area contributed by atoms with Crippen molar-refractivity contribution in [2.45, 2.75) is 96.8 Å². The minimum Gasteiger partial charge on any atom is -0.465 e. The molecular weight excluding hydrogens is 432 g/mol. The van der Waals surface area contributed by atoms with Crippen LogP contribution >= 0.6 is 0 Å². The van der Waals surface area contributed by atoms with E-state index in [-0.39, 0.29) is 19.2 Å². The first kappa shape index (κ1) is 30.1. The quantitative estimate of drug-likeness (QED) is 0.170. The van der Waals surface area contributed by atoms with Gasteiger partial charge in [-0.1, -0.05) is 102 Å². The van der Waals surface area contributed by atoms with Gasteiger partial charge in [0.15, 0.2) is 0 Å². The molecule has 0 saturated heterocycles. The number of carbonyl (C=O) groups excluding carboxylic acids is 2. The van der Waals surface area contributed by atoms with E-state index < -0.39 is 24.6 Å². The Kier molecular flexibility index (Phi) is 17.2. The van der Waals surface area contributed by atoms with E-state index in [1.165, 1.54) is 64.2 Å². The monoisotopic (exact) mass is 478 g/mol. The van der Waals surface area contributed by atoms with Gasteiger partial charge in [-0.3, -0.25) is 4.79 Å². The molecule has 6 nitrogen and oxygen atoms in total. The van der Waals surface area contributed by atoms with E-state index in [4.69, 9.17) is 9.47 Å². The van der Waals surface area contributed by atoms with Crippen LogP contribution in [-0.2, 0) is 14.3 Å². The van der Waals surface area contributed by atoms with E-state index in [0.717, 1.165) is 19.3 Å². The first-order valence-electron chi connectivity index (χ1n) is 13.2. The van der Waals surface area contributed by atoms with Crippen molar-refractivity contribution in [3.63, 3.8) is 0 Å². The highest BCUT2D eigenvalue weighted by atomic mass is 16.5. The fourth-order valence-corrected chi connectivity index (χ4v) is 3.74. The van der Waals surface area contributed by atoms with Crippen LogP contribution in [0.15, 0.2) is 30.3 Å². The smallest absolute Gasteiger partial charge is 0.338 e. The summed E-state index contributed by atoms with van der Waals surface area (Å²) in [6, 6.07) is 8.48. The predicted molar refractivity (Wildman–Crippen MR) is 135 cm³/mol. The molecule has 0 heterocycles. The third-order valence-electron chi connectivity index (χ3n) is 6.21. The van der Waals surface area contributed by atoms with Crippen LogP contribution in [0.4, 0.5) is 0 Å². The molecule has 34 heavy (non-hydrogen) atoms. The molecule has 0 atom stereocenters. The minimum atomic E-state index is -1.21. The summed E-state index contributed by atoms with van der Waals surface area (Å²) in [6.07, 6.45) is 16.4. The van der Waals surface area contributed by atoms with Crippen molar-refractivity contribution >= 4 is 11.9 Å². The Bertz CT molecular complexity index is 642. The Hall–Kier alpha value is -1.92. The third kappa shape index (κ3) is 13.7. The van der Waals surface area contributed by atoms with Gasteiger partial charge in [-0.2, -0.15) is 0 Å². The number of aliphatic hydroxyl groups is 2. The van der Waals surface area contributed by atoms with Gasteiger partial charge in [0.25, 0.3) is 0 Å². The lowest BCUT2D eigenvalue weighted by molar-refractivity contribution is -0.151. The average molecular weight is 479 g/mol. The molecule has 194 valence electrons. The highest BCUT2D eigenvalue weighted by Crippen LogP contribution is 2.19. The molecule has 2 N–H and O–H groups in total. The zero-order valence-corrected chi connectivity index (χ0v) is 21.1. The minimum absolute atomic E-state index is 0.195. The van der Waals surface area contributed by atoms with Crippen LogP contribution in [0.3, 0.4) is 0 Å². The molecule has 0 bridgehead atoms. The van der Waals surface area contributed by atoms with E-state index in [1.807, 2.05) is 0 Å². The lowest BCUT2D eigenvalue weighted by Crippen LogP contribution is -2.41. The Morgan fingerprint density at radius 3 is 1.68 bits per heavy atom. The van der Waals surface area contributed by atoms with Gasteiger partial charge in [-0.15, -0.1) is 0 Å². The molecule has 1 rings (SSSR count). The molecule has 0 radical (unpaired) electrons. The van der Waals surface area contributed by atoms with Crippen molar-refractivity contribution in [1.82, 2.24) is 0 Å². The second-order valence-electron chi connectivity index (χ2n) is 9.41. The highest BCUT2D eigenvalue weighted by molar-refractivity contribution is 5.89. The number of aliphatic hydroxyl groups excluding tert-OH is 2. The number of esters is 2. The van der Waals surface area contributed by atoms with Crippen molar-refractivity contribution in [2.24, 2.45) is 5.41 Å². The van der Waals surface area contributed by atoms with E-state index in [9.17, 15) is 19.8 Å². The highest BCUT2D eigenvalue weighted by Gasteiger charge is 2.33. The number of hydrogen-bond donors (Lipinski definition) is 2. The van der Waals surface area contributed by atoms with E-state index in [1.54, 1.807) is 30.3 Å². The van der Waals surface area contributed by atoms with Gasteiger partial charge in [0.1, 0.15) is 13.2 Å². The second-order valence-corrected chi connectivity index (χ2v) is 9.41. The predicted octanol–water partition coefficient (Wildman–Crippen LogP) is 5.84. The number of hydrogen-bond acceptors (Lipinski definition) is 6. The zero-order valence-electron chi connectivity index (χ0n) is 21.1. The summed E-state index contributed by atoms with van der Waals surface area (Å²) >= 11 is 0. The topological polar surface area (TPSA) is 93.1 Å². The van der Waals surface area contributed by atoms with Crippen LogP contribution < -0.4 is 0 Å². The van der Waals surface area contributed by atoms with Crippen LogP contribution in [0.2, 0.25) is 0 Å². The average Bonchev–Trinajstić information content (AvgIpc) is 2.87. The number of ether oxygens (including phenoxy) is 2. The molecule has 6 heteroatoms. The van der Waals surface area contributed by atoms with Gasteiger partial charge in [0, 0.05) is 6.42 Å². The Morgan fingerprint density at radius 2 is 1.18 bits per heavy atom. The van der Waals surface area contributed by atoms with Gasteiger partial charge < -0.3 is 19.7 Å². The maximum Gasteiger partial charge on any atom is 0.338 e. The normalized spacial score (nSPS) is 11.4. The van der Waals surface area contributed by atoms with E-state index >= 15 is 0 Å².